The first-order valence-corrected chi connectivity index (χ1v) is 6.29. The van der Waals surface area contributed by atoms with Crippen molar-refractivity contribution in [1.29, 1.82) is 0 Å². The molecular formula is C14H15NO4. The summed E-state index contributed by atoms with van der Waals surface area (Å²) < 4.78 is 10.4. The monoisotopic (exact) mass is 261 g/mol. The number of carbonyl (C=O) groups excluding carboxylic acids is 2. The number of esters is 1. The number of hydrogen-bond acceptors (Lipinski definition) is 4. The molecule has 5 nitrogen and oxygen atoms in total. The molecule has 1 aromatic carbocycles. The normalized spacial score (nSPS) is 29.4. The fraction of sp³-hybridized carbons (Fsp3) is 0.429. The molecular weight excluding hydrogens is 246 g/mol. The Morgan fingerprint density at radius 3 is 2.79 bits per heavy atom. The topological polar surface area (TPSA) is 55.8 Å². The van der Waals surface area contributed by atoms with Crippen molar-refractivity contribution in [2.75, 3.05) is 13.7 Å². The first-order chi connectivity index (χ1) is 9.22. The Bertz CT molecular complexity index is 501. The molecule has 1 amide bonds. The van der Waals surface area contributed by atoms with Crippen molar-refractivity contribution in [3.63, 3.8) is 0 Å². The van der Waals surface area contributed by atoms with Gasteiger partial charge in [0, 0.05) is 5.56 Å². The molecule has 0 aliphatic carbocycles. The van der Waals surface area contributed by atoms with Crippen LogP contribution in [0.1, 0.15) is 18.2 Å². The van der Waals surface area contributed by atoms with E-state index in [-0.39, 0.29) is 18.2 Å². The highest BCUT2D eigenvalue weighted by Crippen LogP contribution is 2.39. The van der Waals surface area contributed by atoms with Crippen LogP contribution in [0.5, 0.6) is 0 Å². The van der Waals surface area contributed by atoms with Crippen molar-refractivity contribution in [1.82, 2.24) is 4.90 Å². The second-order valence-corrected chi connectivity index (χ2v) is 4.81. The van der Waals surface area contributed by atoms with Gasteiger partial charge in [-0.1, -0.05) is 30.3 Å². The quantitative estimate of drug-likeness (QED) is 0.591. The van der Waals surface area contributed by atoms with Crippen molar-refractivity contribution in [2.45, 2.75) is 18.7 Å². The molecule has 0 aromatic heterocycles. The van der Waals surface area contributed by atoms with Gasteiger partial charge in [0.2, 0.25) is 5.91 Å². The smallest absolute Gasteiger partial charge is 0.318 e. The van der Waals surface area contributed by atoms with E-state index in [2.05, 4.69) is 4.74 Å². The fourth-order valence-corrected chi connectivity index (χ4v) is 2.80. The summed E-state index contributed by atoms with van der Waals surface area (Å²) in [7, 11) is 1.31. The number of ether oxygens (including phenoxy) is 2. The van der Waals surface area contributed by atoms with Crippen molar-refractivity contribution >= 4 is 11.9 Å². The van der Waals surface area contributed by atoms with Gasteiger partial charge < -0.3 is 14.4 Å². The van der Waals surface area contributed by atoms with E-state index in [9.17, 15) is 9.59 Å². The molecule has 2 heterocycles. The molecule has 100 valence electrons. The maximum Gasteiger partial charge on any atom is 0.318 e. The van der Waals surface area contributed by atoms with Gasteiger partial charge in [0.1, 0.15) is 5.92 Å². The molecule has 2 saturated heterocycles. The lowest BCUT2D eigenvalue weighted by atomic mass is 10.1. The van der Waals surface area contributed by atoms with Gasteiger partial charge in [-0.25, -0.2) is 0 Å². The maximum atomic E-state index is 12.3. The Hall–Kier alpha value is -1.88. The summed E-state index contributed by atoms with van der Waals surface area (Å²) >= 11 is 0. The Morgan fingerprint density at radius 1 is 1.37 bits per heavy atom. The van der Waals surface area contributed by atoms with Crippen LogP contribution in [0, 0.1) is 5.92 Å². The molecule has 2 aliphatic heterocycles. The minimum absolute atomic E-state index is 0.0261. The van der Waals surface area contributed by atoms with Gasteiger partial charge in [0.15, 0.2) is 6.23 Å². The zero-order chi connectivity index (χ0) is 13.4. The molecule has 0 N–H and O–H groups in total. The van der Waals surface area contributed by atoms with Crippen LogP contribution in [0.2, 0.25) is 0 Å². The Morgan fingerprint density at radius 2 is 2.11 bits per heavy atom. The average molecular weight is 261 g/mol. The van der Waals surface area contributed by atoms with Crippen molar-refractivity contribution in [2.24, 2.45) is 5.92 Å². The van der Waals surface area contributed by atoms with Crippen LogP contribution in [0.4, 0.5) is 0 Å². The van der Waals surface area contributed by atoms with E-state index >= 15 is 0 Å². The van der Waals surface area contributed by atoms with Crippen molar-refractivity contribution in [3.8, 4) is 0 Å². The van der Waals surface area contributed by atoms with E-state index in [1.165, 1.54) is 7.11 Å². The minimum atomic E-state index is -0.676. The van der Waals surface area contributed by atoms with E-state index in [1.807, 2.05) is 30.3 Å². The Kier molecular flexibility index (Phi) is 2.98. The van der Waals surface area contributed by atoms with Crippen LogP contribution in [0.25, 0.3) is 0 Å². The van der Waals surface area contributed by atoms with E-state index in [0.717, 1.165) is 5.56 Å². The number of fused-ring (bicyclic) bond motifs is 1. The third kappa shape index (κ3) is 1.90. The first-order valence-electron chi connectivity index (χ1n) is 6.29. The highest BCUT2D eigenvalue weighted by atomic mass is 16.5. The SMILES string of the molecule is COC(=O)[C@@H]1C[C@H]2CO[C@H](c3ccccc3)N2C1=O. The van der Waals surface area contributed by atoms with Gasteiger partial charge >= 0.3 is 5.97 Å². The molecule has 0 saturated carbocycles. The van der Waals surface area contributed by atoms with E-state index in [1.54, 1.807) is 4.90 Å². The minimum Gasteiger partial charge on any atom is -0.468 e. The molecule has 5 heteroatoms. The number of rotatable bonds is 2. The Balaban J connectivity index is 1.85. The van der Waals surface area contributed by atoms with Gasteiger partial charge in [-0.05, 0) is 6.42 Å². The van der Waals surface area contributed by atoms with Crippen LogP contribution in [0.15, 0.2) is 30.3 Å². The lowest BCUT2D eigenvalue weighted by molar-refractivity contribution is -0.152. The summed E-state index contributed by atoms with van der Waals surface area (Å²) in [6.07, 6.45) is 0.0998. The highest BCUT2D eigenvalue weighted by molar-refractivity contribution is 5.99. The van der Waals surface area contributed by atoms with E-state index in [0.29, 0.717) is 13.0 Å². The molecule has 0 unspecified atom stereocenters. The maximum absolute atomic E-state index is 12.3. The van der Waals surface area contributed by atoms with Crippen LogP contribution in [-0.2, 0) is 19.1 Å². The van der Waals surface area contributed by atoms with Crippen LogP contribution < -0.4 is 0 Å². The molecule has 19 heavy (non-hydrogen) atoms. The summed E-state index contributed by atoms with van der Waals surface area (Å²) in [5.74, 6) is -1.32. The standard InChI is InChI=1S/C14H15NO4/c1-18-14(17)11-7-10-8-19-13(15(10)12(11)16)9-5-3-2-4-6-9/h2-6,10-11,13H,7-8H2,1H3/t10-,11+,13+/m0/s1. The van der Waals surface area contributed by atoms with E-state index < -0.39 is 11.9 Å². The number of methoxy groups -OCH3 is 1. The molecule has 0 radical (unpaired) electrons. The molecule has 0 spiro atoms. The van der Waals surface area contributed by atoms with Gasteiger partial charge in [-0.15, -0.1) is 0 Å². The molecule has 3 rings (SSSR count). The average Bonchev–Trinajstić information content (AvgIpc) is 3.00. The molecule has 2 aliphatic rings. The molecule has 2 fully saturated rings. The van der Waals surface area contributed by atoms with Crippen LogP contribution >= 0.6 is 0 Å². The second kappa shape index (κ2) is 4.66. The zero-order valence-corrected chi connectivity index (χ0v) is 10.6. The van der Waals surface area contributed by atoms with Gasteiger partial charge in [-0.2, -0.15) is 0 Å². The lowest BCUT2D eigenvalue weighted by Crippen LogP contribution is -2.34. The predicted molar refractivity (Wildman–Crippen MR) is 65.9 cm³/mol. The predicted octanol–water partition coefficient (Wildman–Crippen LogP) is 1.11. The Labute approximate surface area is 111 Å². The first kappa shape index (κ1) is 12.2. The summed E-state index contributed by atoms with van der Waals surface area (Å²) in [5, 5.41) is 0. The number of hydrogen-bond donors (Lipinski definition) is 0. The second-order valence-electron chi connectivity index (χ2n) is 4.81. The fourth-order valence-electron chi connectivity index (χ4n) is 2.80. The van der Waals surface area contributed by atoms with Crippen LogP contribution in [0.3, 0.4) is 0 Å². The van der Waals surface area contributed by atoms with Crippen molar-refractivity contribution < 1.29 is 19.1 Å². The summed E-state index contributed by atoms with van der Waals surface area (Å²) in [6, 6.07) is 9.55. The summed E-state index contributed by atoms with van der Waals surface area (Å²) in [5.41, 5.74) is 0.934. The number of nitrogens with zero attached hydrogens (tertiary/aromatic N) is 1. The third-order valence-corrected chi connectivity index (χ3v) is 3.72. The number of benzene rings is 1. The van der Waals surface area contributed by atoms with Crippen molar-refractivity contribution in [3.05, 3.63) is 35.9 Å². The molecule has 0 bridgehead atoms. The van der Waals surface area contributed by atoms with Crippen LogP contribution in [-0.4, -0.2) is 36.5 Å². The molecule has 3 atom stereocenters. The lowest BCUT2D eigenvalue weighted by Gasteiger charge is -2.22. The van der Waals surface area contributed by atoms with Gasteiger partial charge in [0.05, 0.1) is 19.8 Å². The number of amides is 1. The largest absolute Gasteiger partial charge is 0.468 e. The number of carbonyl (C=O) groups is 2. The summed E-state index contributed by atoms with van der Waals surface area (Å²) in [4.78, 5) is 25.6. The van der Waals surface area contributed by atoms with Gasteiger partial charge in [-0.3, -0.25) is 9.59 Å². The molecule has 1 aromatic rings. The highest BCUT2D eigenvalue weighted by Gasteiger charge is 2.51. The summed E-state index contributed by atoms with van der Waals surface area (Å²) in [6.45, 7) is 0.471. The third-order valence-electron chi connectivity index (χ3n) is 3.72. The van der Waals surface area contributed by atoms with Gasteiger partial charge in [0.25, 0.3) is 0 Å². The van der Waals surface area contributed by atoms with E-state index in [4.69, 9.17) is 4.74 Å². The zero-order valence-electron chi connectivity index (χ0n) is 10.6.